The molecule has 78 valence electrons. The molecule has 0 saturated carbocycles. The highest BCUT2D eigenvalue weighted by Gasteiger charge is 2.42. The molecule has 0 radical (unpaired) electrons. The summed E-state index contributed by atoms with van der Waals surface area (Å²) in [6.07, 6.45) is 0. The van der Waals surface area contributed by atoms with E-state index in [0.717, 1.165) is 0 Å². The molecule has 0 amide bonds. The Morgan fingerprint density at radius 2 is 1.62 bits per heavy atom. The van der Waals surface area contributed by atoms with Crippen LogP contribution in [0.1, 0.15) is 34.6 Å². The molecule has 13 heavy (non-hydrogen) atoms. The summed E-state index contributed by atoms with van der Waals surface area (Å²) in [5.41, 5.74) is 5.51. The summed E-state index contributed by atoms with van der Waals surface area (Å²) in [5, 5.41) is 0. The molecule has 0 aromatic rings. The Morgan fingerprint density at radius 3 is 1.85 bits per heavy atom. The zero-order valence-electron chi connectivity index (χ0n) is 9.47. The standard InChI is InChI=1S/C10H21NO2/c1-9(2,3)10(4,5)7(11)8(12)13-6/h7H,11H2,1-6H3. The van der Waals surface area contributed by atoms with Crippen LogP contribution in [0.4, 0.5) is 0 Å². The van der Waals surface area contributed by atoms with Gasteiger partial charge >= 0.3 is 5.97 Å². The van der Waals surface area contributed by atoms with Gasteiger partial charge in [-0.25, -0.2) is 0 Å². The fraction of sp³-hybridized carbons (Fsp3) is 0.900. The molecule has 0 aromatic heterocycles. The topological polar surface area (TPSA) is 52.3 Å². The van der Waals surface area contributed by atoms with Crippen molar-refractivity contribution in [2.45, 2.75) is 40.7 Å². The minimum absolute atomic E-state index is 0.0272. The van der Waals surface area contributed by atoms with Crippen LogP contribution in [0, 0.1) is 10.8 Å². The summed E-state index contributed by atoms with van der Waals surface area (Å²) >= 11 is 0. The van der Waals surface area contributed by atoms with Gasteiger partial charge in [-0.1, -0.05) is 34.6 Å². The highest BCUT2D eigenvalue weighted by Crippen LogP contribution is 2.40. The van der Waals surface area contributed by atoms with Crippen molar-refractivity contribution in [1.82, 2.24) is 0 Å². The normalized spacial score (nSPS) is 15.3. The first kappa shape index (κ1) is 12.4. The average molecular weight is 187 g/mol. The highest BCUT2D eigenvalue weighted by molar-refractivity contribution is 5.76. The first-order valence-electron chi connectivity index (χ1n) is 4.48. The van der Waals surface area contributed by atoms with E-state index in [1.807, 2.05) is 13.8 Å². The third kappa shape index (κ3) is 2.44. The second-order valence-electron chi connectivity index (χ2n) is 4.97. The third-order valence-corrected chi connectivity index (χ3v) is 3.17. The van der Waals surface area contributed by atoms with Crippen LogP contribution in [-0.4, -0.2) is 19.1 Å². The lowest BCUT2D eigenvalue weighted by atomic mass is 9.65. The van der Waals surface area contributed by atoms with E-state index in [1.54, 1.807) is 0 Å². The van der Waals surface area contributed by atoms with Crippen LogP contribution >= 0.6 is 0 Å². The molecule has 0 aliphatic heterocycles. The number of carbonyl (C=O) groups is 1. The van der Waals surface area contributed by atoms with Crippen LogP contribution < -0.4 is 5.73 Å². The van der Waals surface area contributed by atoms with E-state index >= 15 is 0 Å². The fourth-order valence-corrected chi connectivity index (χ4v) is 0.888. The van der Waals surface area contributed by atoms with E-state index in [2.05, 4.69) is 25.5 Å². The Hall–Kier alpha value is -0.570. The van der Waals surface area contributed by atoms with E-state index in [-0.39, 0.29) is 16.8 Å². The molecule has 0 aliphatic rings. The predicted molar refractivity (Wildman–Crippen MR) is 53.2 cm³/mol. The molecule has 0 rings (SSSR count). The quantitative estimate of drug-likeness (QED) is 0.667. The van der Waals surface area contributed by atoms with Gasteiger partial charge in [-0.2, -0.15) is 0 Å². The van der Waals surface area contributed by atoms with Crippen molar-refractivity contribution in [3.8, 4) is 0 Å². The summed E-state index contributed by atoms with van der Waals surface area (Å²) in [6, 6.07) is -0.572. The minimum Gasteiger partial charge on any atom is -0.468 e. The van der Waals surface area contributed by atoms with Crippen LogP contribution in [0.2, 0.25) is 0 Å². The molecule has 0 fully saturated rings. The highest BCUT2D eigenvalue weighted by atomic mass is 16.5. The zero-order valence-corrected chi connectivity index (χ0v) is 9.47. The molecule has 0 bridgehead atoms. The van der Waals surface area contributed by atoms with Crippen LogP contribution in [0.5, 0.6) is 0 Å². The van der Waals surface area contributed by atoms with E-state index in [4.69, 9.17) is 5.73 Å². The smallest absolute Gasteiger partial charge is 0.323 e. The number of carbonyl (C=O) groups excluding carboxylic acids is 1. The molecule has 0 aliphatic carbocycles. The van der Waals surface area contributed by atoms with Crippen molar-refractivity contribution in [3.05, 3.63) is 0 Å². The van der Waals surface area contributed by atoms with E-state index in [0.29, 0.717) is 0 Å². The molecule has 1 unspecified atom stereocenters. The zero-order chi connectivity index (χ0) is 10.9. The number of methoxy groups -OCH3 is 1. The Morgan fingerprint density at radius 1 is 1.23 bits per heavy atom. The van der Waals surface area contributed by atoms with Gasteiger partial charge in [0.25, 0.3) is 0 Å². The molecule has 2 N–H and O–H groups in total. The van der Waals surface area contributed by atoms with Gasteiger partial charge in [0.15, 0.2) is 0 Å². The molecule has 0 saturated heterocycles. The van der Waals surface area contributed by atoms with Crippen molar-refractivity contribution in [3.63, 3.8) is 0 Å². The second-order valence-corrected chi connectivity index (χ2v) is 4.97. The van der Waals surface area contributed by atoms with Crippen LogP contribution in [0.25, 0.3) is 0 Å². The van der Waals surface area contributed by atoms with Gasteiger partial charge in [0, 0.05) is 0 Å². The van der Waals surface area contributed by atoms with E-state index in [9.17, 15) is 4.79 Å². The maximum atomic E-state index is 11.3. The molecule has 1 atom stereocenters. The molecular formula is C10H21NO2. The number of hydrogen-bond acceptors (Lipinski definition) is 3. The van der Waals surface area contributed by atoms with Crippen molar-refractivity contribution >= 4 is 5.97 Å². The SMILES string of the molecule is COC(=O)C(N)C(C)(C)C(C)(C)C. The predicted octanol–water partition coefficient (Wildman–Crippen LogP) is 1.56. The summed E-state index contributed by atoms with van der Waals surface area (Å²) in [4.78, 5) is 11.3. The first-order valence-corrected chi connectivity index (χ1v) is 4.48. The maximum Gasteiger partial charge on any atom is 0.323 e. The first-order chi connectivity index (χ1) is 5.64. The van der Waals surface area contributed by atoms with Crippen molar-refractivity contribution in [1.29, 1.82) is 0 Å². The number of rotatable bonds is 2. The lowest BCUT2D eigenvalue weighted by molar-refractivity contribution is -0.147. The molecule has 3 nitrogen and oxygen atoms in total. The largest absolute Gasteiger partial charge is 0.468 e. The van der Waals surface area contributed by atoms with Gasteiger partial charge in [-0.05, 0) is 10.8 Å². The van der Waals surface area contributed by atoms with Gasteiger partial charge in [0.2, 0.25) is 0 Å². The van der Waals surface area contributed by atoms with Gasteiger partial charge in [0.05, 0.1) is 7.11 Å². The van der Waals surface area contributed by atoms with Crippen LogP contribution in [-0.2, 0) is 9.53 Å². The lowest BCUT2D eigenvalue weighted by Gasteiger charge is -2.41. The van der Waals surface area contributed by atoms with Gasteiger partial charge in [-0.15, -0.1) is 0 Å². The Balaban J connectivity index is 4.74. The van der Waals surface area contributed by atoms with Gasteiger partial charge in [-0.3, -0.25) is 4.79 Å². The van der Waals surface area contributed by atoms with Crippen LogP contribution in [0.3, 0.4) is 0 Å². The average Bonchev–Trinajstić information content (AvgIpc) is 1.99. The Labute approximate surface area is 80.6 Å². The van der Waals surface area contributed by atoms with Gasteiger partial charge in [0.1, 0.15) is 6.04 Å². The molecule has 0 heterocycles. The number of ether oxygens (including phenoxy) is 1. The number of hydrogen-bond donors (Lipinski definition) is 1. The summed E-state index contributed by atoms with van der Waals surface area (Å²) in [7, 11) is 1.36. The second kappa shape index (κ2) is 3.66. The van der Waals surface area contributed by atoms with Crippen molar-refractivity contribution in [2.75, 3.05) is 7.11 Å². The number of esters is 1. The number of nitrogens with two attached hydrogens (primary N) is 1. The van der Waals surface area contributed by atoms with Gasteiger partial charge < -0.3 is 10.5 Å². The lowest BCUT2D eigenvalue weighted by Crippen LogP contribution is -2.51. The van der Waals surface area contributed by atoms with E-state index < -0.39 is 6.04 Å². The monoisotopic (exact) mass is 187 g/mol. The molecule has 0 aromatic carbocycles. The summed E-state index contributed by atoms with van der Waals surface area (Å²) < 4.78 is 4.63. The summed E-state index contributed by atoms with van der Waals surface area (Å²) in [6.45, 7) is 10.2. The minimum atomic E-state index is -0.572. The molecular weight excluding hydrogens is 166 g/mol. The van der Waals surface area contributed by atoms with Crippen LogP contribution in [0.15, 0.2) is 0 Å². The molecule has 3 heteroatoms. The maximum absolute atomic E-state index is 11.3. The molecule has 0 spiro atoms. The fourth-order valence-electron chi connectivity index (χ4n) is 0.888. The van der Waals surface area contributed by atoms with E-state index in [1.165, 1.54) is 7.11 Å². The van der Waals surface area contributed by atoms with Crippen molar-refractivity contribution < 1.29 is 9.53 Å². The Kier molecular flexibility index (Phi) is 3.50. The third-order valence-electron chi connectivity index (χ3n) is 3.17. The Bertz CT molecular complexity index is 192. The van der Waals surface area contributed by atoms with Crippen molar-refractivity contribution in [2.24, 2.45) is 16.6 Å². The summed E-state index contributed by atoms with van der Waals surface area (Å²) in [5.74, 6) is -0.347.